The van der Waals surface area contributed by atoms with E-state index < -0.39 is 6.04 Å². The number of hydrogen-bond acceptors (Lipinski definition) is 3. The molecule has 5 heteroatoms. The van der Waals surface area contributed by atoms with Crippen LogP contribution < -0.4 is 16.4 Å². The molecule has 0 bridgehead atoms. The molecule has 0 aliphatic heterocycles. The number of aryl methyl sites for hydroxylation is 1. The molecule has 1 aliphatic rings. The summed E-state index contributed by atoms with van der Waals surface area (Å²) in [6, 6.07) is 6.96. The Kier molecular flexibility index (Phi) is 6.37. The van der Waals surface area contributed by atoms with Crippen LogP contribution in [-0.2, 0) is 4.79 Å². The summed E-state index contributed by atoms with van der Waals surface area (Å²) < 4.78 is 0. The van der Waals surface area contributed by atoms with Crippen LogP contribution in [0.1, 0.15) is 49.0 Å². The maximum atomic E-state index is 12.7. The smallest absolute Gasteiger partial charge is 0.251 e. The van der Waals surface area contributed by atoms with Crippen molar-refractivity contribution < 1.29 is 9.59 Å². The van der Waals surface area contributed by atoms with Crippen LogP contribution in [0.3, 0.4) is 0 Å². The first-order chi connectivity index (χ1) is 11.4. The van der Waals surface area contributed by atoms with E-state index in [0.717, 1.165) is 24.8 Å². The third-order valence-electron chi connectivity index (χ3n) is 4.81. The van der Waals surface area contributed by atoms with Crippen LogP contribution in [-0.4, -0.2) is 30.4 Å². The molecule has 1 aliphatic carbocycles. The Labute approximate surface area is 144 Å². The molecular weight excluding hydrogens is 302 g/mol. The van der Waals surface area contributed by atoms with E-state index in [0.29, 0.717) is 18.0 Å². The minimum atomic E-state index is -0.544. The first kappa shape index (κ1) is 18.5. The zero-order valence-electron chi connectivity index (χ0n) is 14.8. The maximum Gasteiger partial charge on any atom is 0.251 e. The molecule has 0 radical (unpaired) electrons. The molecule has 0 spiro atoms. The van der Waals surface area contributed by atoms with Crippen molar-refractivity contribution in [1.82, 2.24) is 10.6 Å². The number of benzene rings is 1. The SMILES string of the molecule is Cc1cccc(C(=O)NC(C(=O)NC2CCCC2CN)C(C)C)c1. The summed E-state index contributed by atoms with van der Waals surface area (Å²) in [6.45, 7) is 6.41. The number of hydrogen-bond donors (Lipinski definition) is 3. The average Bonchev–Trinajstić information content (AvgIpc) is 2.99. The fraction of sp³-hybridized carbons (Fsp3) is 0.579. The van der Waals surface area contributed by atoms with Crippen molar-refractivity contribution in [2.75, 3.05) is 6.54 Å². The highest BCUT2D eigenvalue weighted by Gasteiger charge is 2.31. The molecule has 0 heterocycles. The Bertz CT molecular complexity index is 586. The molecule has 3 atom stereocenters. The summed E-state index contributed by atoms with van der Waals surface area (Å²) in [5.41, 5.74) is 7.38. The van der Waals surface area contributed by atoms with Crippen molar-refractivity contribution in [3.63, 3.8) is 0 Å². The van der Waals surface area contributed by atoms with E-state index in [9.17, 15) is 9.59 Å². The van der Waals surface area contributed by atoms with Crippen molar-refractivity contribution in [2.45, 2.75) is 52.1 Å². The highest BCUT2D eigenvalue weighted by Crippen LogP contribution is 2.24. The Morgan fingerprint density at radius 2 is 2.04 bits per heavy atom. The number of rotatable bonds is 6. The third-order valence-corrected chi connectivity index (χ3v) is 4.81. The van der Waals surface area contributed by atoms with E-state index in [1.54, 1.807) is 6.07 Å². The standard InChI is InChI=1S/C19H29N3O2/c1-12(2)17(19(24)21-16-9-5-8-15(16)11-20)22-18(23)14-7-4-6-13(3)10-14/h4,6-7,10,12,15-17H,5,8-9,11,20H2,1-3H3,(H,21,24)(H,22,23). The molecule has 1 fully saturated rings. The summed E-state index contributed by atoms with van der Waals surface area (Å²) >= 11 is 0. The van der Waals surface area contributed by atoms with Gasteiger partial charge in [-0.2, -0.15) is 0 Å². The molecule has 1 aromatic rings. The van der Waals surface area contributed by atoms with Crippen molar-refractivity contribution >= 4 is 11.8 Å². The normalized spacial score (nSPS) is 21.5. The number of carbonyl (C=O) groups is 2. The van der Waals surface area contributed by atoms with E-state index in [1.165, 1.54) is 0 Å². The minimum Gasteiger partial charge on any atom is -0.351 e. The summed E-state index contributed by atoms with van der Waals surface area (Å²) in [5, 5.41) is 5.98. The number of nitrogens with two attached hydrogens (primary N) is 1. The molecule has 0 saturated heterocycles. The van der Waals surface area contributed by atoms with Gasteiger partial charge in [-0.15, -0.1) is 0 Å². The average molecular weight is 331 g/mol. The fourth-order valence-electron chi connectivity index (χ4n) is 3.33. The molecule has 4 N–H and O–H groups in total. The van der Waals surface area contributed by atoms with Gasteiger partial charge in [-0.05, 0) is 50.3 Å². The topological polar surface area (TPSA) is 84.2 Å². The van der Waals surface area contributed by atoms with Crippen LogP contribution in [0.25, 0.3) is 0 Å². The molecule has 132 valence electrons. The van der Waals surface area contributed by atoms with Gasteiger partial charge in [-0.25, -0.2) is 0 Å². The second kappa shape index (κ2) is 8.29. The van der Waals surface area contributed by atoms with Gasteiger partial charge in [0.05, 0.1) is 0 Å². The Morgan fingerprint density at radius 1 is 1.29 bits per heavy atom. The van der Waals surface area contributed by atoms with E-state index >= 15 is 0 Å². The monoisotopic (exact) mass is 331 g/mol. The van der Waals surface area contributed by atoms with Gasteiger partial charge in [-0.1, -0.05) is 38.0 Å². The predicted molar refractivity (Wildman–Crippen MR) is 95.6 cm³/mol. The van der Waals surface area contributed by atoms with Crippen LogP contribution >= 0.6 is 0 Å². The van der Waals surface area contributed by atoms with E-state index in [4.69, 9.17) is 5.73 Å². The van der Waals surface area contributed by atoms with Gasteiger partial charge in [0.15, 0.2) is 0 Å². The predicted octanol–water partition coefficient (Wildman–Crippen LogP) is 1.99. The van der Waals surface area contributed by atoms with Crippen molar-refractivity contribution in [3.05, 3.63) is 35.4 Å². The summed E-state index contributed by atoms with van der Waals surface area (Å²) in [4.78, 5) is 25.1. The number of carbonyl (C=O) groups excluding carboxylic acids is 2. The minimum absolute atomic E-state index is 0.0106. The van der Waals surface area contributed by atoms with Crippen molar-refractivity contribution in [3.8, 4) is 0 Å². The maximum absolute atomic E-state index is 12.7. The molecular formula is C19H29N3O2. The van der Waals surface area contributed by atoms with Gasteiger partial charge < -0.3 is 16.4 Å². The summed E-state index contributed by atoms with van der Waals surface area (Å²) in [7, 11) is 0. The van der Waals surface area contributed by atoms with Crippen LogP contribution in [0.5, 0.6) is 0 Å². The molecule has 2 amide bonds. The lowest BCUT2D eigenvalue weighted by Gasteiger charge is -2.26. The molecule has 24 heavy (non-hydrogen) atoms. The van der Waals surface area contributed by atoms with Gasteiger partial charge in [0.1, 0.15) is 6.04 Å². The van der Waals surface area contributed by atoms with Crippen LogP contribution in [0.15, 0.2) is 24.3 Å². The Hall–Kier alpha value is -1.88. The Morgan fingerprint density at radius 3 is 2.67 bits per heavy atom. The molecule has 5 nitrogen and oxygen atoms in total. The lowest BCUT2D eigenvalue weighted by Crippen LogP contribution is -2.53. The van der Waals surface area contributed by atoms with Gasteiger partial charge in [0, 0.05) is 11.6 Å². The zero-order chi connectivity index (χ0) is 17.7. The summed E-state index contributed by atoms with van der Waals surface area (Å²) in [5.74, 6) is 0.0245. The van der Waals surface area contributed by atoms with Gasteiger partial charge in [-0.3, -0.25) is 9.59 Å². The molecule has 1 aromatic carbocycles. The van der Waals surface area contributed by atoms with Crippen molar-refractivity contribution in [1.29, 1.82) is 0 Å². The van der Waals surface area contributed by atoms with E-state index in [-0.39, 0.29) is 23.8 Å². The van der Waals surface area contributed by atoms with E-state index in [2.05, 4.69) is 10.6 Å². The molecule has 1 saturated carbocycles. The zero-order valence-corrected chi connectivity index (χ0v) is 14.8. The van der Waals surface area contributed by atoms with Crippen LogP contribution in [0.2, 0.25) is 0 Å². The molecule has 3 unspecified atom stereocenters. The lowest BCUT2D eigenvalue weighted by atomic mass is 9.99. The van der Waals surface area contributed by atoms with Gasteiger partial charge in [0.25, 0.3) is 5.91 Å². The second-order valence-electron chi connectivity index (χ2n) is 7.11. The Balaban J connectivity index is 2.03. The second-order valence-corrected chi connectivity index (χ2v) is 7.11. The third kappa shape index (κ3) is 4.57. The first-order valence-electron chi connectivity index (χ1n) is 8.80. The fourth-order valence-corrected chi connectivity index (χ4v) is 3.33. The largest absolute Gasteiger partial charge is 0.351 e. The molecule has 2 rings (SSSR count). The van der Waals surface area contributed by atoms with Crippen LogP contribution in [0, 0.1) is 18.8 Å². The first-order valence-corrected chi connectivity index (χ1v) is 8.80. The quantitative estimate of drug-likeness (QED) is 0.745. The molecule has 0 aromatic heterocycles. The van der Waals surface area contributed by atoms with Crippen molar-refractivity contribution in [2.24, 2.45) is 17.6 Å². The highest BCUT2D eigenvalue weighted by molar-refractivity contribution is 5.97. The summed E-state index contributed by atoms with van der Waals surface area (Å²) in [6.07, 6.45) is 3.11. The van der Waals surface area contributed by atoms with E-state index in [1.807, 2.05) is 39.0 Å². The lowest BCUT2D eigenvalue weighted by molar-refractivity contribution is -0.124. The van der Waals surface area contributed by atoms with Gasteiger partial charge >= 0.3 is 0 Å². The highest BCUT2D eigenvalue weighted by atomic mass is 16.2. The number of amides is 2. The van der Waals surface area contributed by atoms with Crippen LogP contribution in [0.4, 0.5) is 0 Å². The number of nitrogens with one attached hydrogen (secondary N) is 2. The van der Waals surface area contributed by atoms with Gasteiger partial charge in [0.2, 0.25) is 5.91 Å².